The number of hydrogen-bond acceptors (Lipinski definition) is 2. The van der Waals surface area contributed by atoms with Gasteiger partial charge in [-0.3, -0.25) is 4.55 Å². The van der Waals surface area contributed by atoms with Gasteiger partial charge in [-0.25, -0.2) is 4.57 Å². The molecule has 0 amide bonds. The summed E-state index contributed by atoms with van der Waals surface area (Å²) in [6, 6.07) is 4.22. The predicted molar refractivity (Wildman–Crippen MR) is 73.4 cm³/mol. The van der Waals surface area contributed by atoms with Crippen LogP contribution < -0.4 is 4.57 Å². The highest BCUT2D eigenvalue weighted by molar-refractivity contribution is 7.85. The number of aryl methyl sites for hydroxylation is 1. The Morgan fingerprint density at radius 3 is 2.58 bits per heavy atom. The Kier molecular flexibility index (Phi) is 4.71. The van der Waals surface area contributed by atoms with Gasteiger partial charge >= 0.3 is 0 Å². The average molecular weight is 282 g/mol. The molecule has 1 aliphatic rings. The van der Waals surface area contributed by atoms with Crippen LogP contribution in [-0.4, -0.2) is 18.7 Å². The highest BCUT2D eigenvalue weighted by Gasteiger charge is 2.14. The molecule has 1 aromatic heterocycles. The first kappa shape index (κ1) is 14.2. The van der Waals surface area contributed by atoms with Crippen molar-refractivity contribution in [3.63, 3.8) is 0 Å². The molecule has 0 aromatic carbocycles. The number of nitrogens with zero attached hydrogens (tertiary/aromatic N) is 1. The van der Waals surface area contributed by atoms with Crippen molar-refractivity contribution in [2.45, 2.75) is 38.1 Å². The number of pyridine rings is 1. The van der Waals surface area contributed by atoms with E-state index >= 15 is 0 Å². The van der Waals surface area contributed by atoms with Crippen molar-refractivity contribution < 1.29 is 17.5 Å². The lowest BCUT2D eigenvalue weighted by Gasteiger charge is -2.17. The van der Waals surface area contributed by atoms with Gasteiger partial charge in [-0.05, 0) is 30.7 Å². The van der Waals surface area contributed by atoms with E-state index in [-0.39, 0.29) is 5.75 Å². The maximum atomic E-state index is 10.6. The Balaban J connectivity index is 1.89. The van der Waals surface area contributed by atoms with E-state index in [1.807, 2.05) is 17.0 Å². The summed E-state index contributed by atoms with van der Waals surface area (Å²) in [5.41, 5.74) is 1.34. The van der Waals surface area contributed by atoms with Crippen molar-refractivity contribution in [2.75, 3.05) is 5.75 Å². The Hall–Kier alpha value is -1.20. The Morgan fingerprint density at radius 1 is 1.26 bits per heavy atom. The average Bonchev–Trinajstić information content (AvgIpc) is 2.39. The lowest BCUT2D eigenvalue weighted by atomic mass is 9.88. The largest absolute Gasteiger partial charge is 0.286 e. The van der Waals surface area contributed by atoms with Gasteiger partial charge in [-0.15, -0.1) is 0 Å². The second kappa shape index (κ2) is 6.30. The fourth-order valence-corrected chi connectivity index (χ4v) is 2.91. The molecule has 19 heavy (non-hydrogen) atoms. The summed E-state index contributed by atoms with van der Waals surface area (Å²) in [5.74, 6) is 0.423. The van der Waals surface area contributed by atoms with Gasteiger partial charge in [-0.1, -0.05) is 12.2 Å². The molecule has 1 aromatic rings. The minimum atomic E-state index is -3.84. The molecule has 0 saturated heterocycles. The molecular formula is C14H20NO3S+. The molecule has 0 spiro atoms. The molecule has 104 valence electrons. The fraction of sp³-hybridized carbons (Fsp3) is 0.500. The molecule has 0 aliphatic heterocycles. The summed E-state index contributed by atoms with van der Waals surface area (Å²) in [5, 5.41) is 0. The van der Waals surface area contributed by atoms with Gasteiger partial charge in [0.15, 0.2) is 12.4 Å². The Morgan fingerprint density at radius 2 is 2.00 bits per heavy atom. The van der Waals surface area contributed by atoms with Gasteiger partial charge in [0, 0.05) is 18.6 Å². The van der Waals surface area contributed by atoms with E-state index in [4.69, 9.17) is 4.55 Å². The maximum Gasteiger partial charge on any atom is 0.265 e. The SMILES string of the molecule is O=S(=O)(O)CCC[n+]1ccc(C2CC=CCC2)cc1. The van der Waals surface area contributed by atoms with Gasteiger partial charge in [0.25, 0.3) is 10.1 Å². The van der Waals surface area contributed by atoms with Gasteiger partial charge < -0.3 is 0 Å². The lowest BCUT2D eigenvalue weighted by molar-refractivity contribution is -0.696. The first-order valence-electron chi connectivity index (χ1n) is 6.64. The van der Waals surface area contributed by atoms with E-state index in [0.717, 1.165) is 12.8 Å². The zero-order valence-corrected chi connectivity index (χ0v) is 11.7. The monoisotopic (exact) mass is 282 g/mol. The number of allylic oxidation sites excluding steroid dienone is 2. The number of hydrogen-bond donors (Lipinski definition) is 1. The van der Waals surface area contributed by atoms with E-state index in [2.05, 4.69) is 24.3 Å². The molecule has 0 saturated carbocycles. The van der Waals surface area contributed by atoms with Crippen LogP contribution in [0.25, 0.3) is 0 Å². The summed E-state index contributed by atoms with van der Waals surface area (Å²) in [6.07, 6.45) is 12.3. The Bertz CT molecular complexity index is 534. The third-order valence-corrected chi connectivity index (χ3v) is 4.28. The van der Waals surface area contributed by atoms with Crippen LogP contribution in [0.1, 0.15) is 37.2 Å². The highest BCUT2D eigenvalue weighted by atomic mass is 32.2. The smallest absolute Gasteiger partial charge is 0.265 e. The highest BCUT2D eigenvalue weighted by Crippen LogP contribution is 2.28. The standard InChI is InChI=1S/C14H19NO3S/c16-19(17,18)12-4-9-15-10-7-14(8-11-15)13-5-2-1-3-6-13/h1-2,7-8,10-11,13H,3-6,9,12H2/p+1. The van der Waals surface area contributed by atoms with E-state index < -0.39 is 10.1 Å². The molecule has 0 fully saturated rings. The topological polar surface area (TPSA) is 58.3 Å². The maximum absolute atomic E-state index is 10.6. The van der Waals surface area contributed by atoms with Crippen molar-refractivity contribution >= 4 is 10.1 Å². The van der Waals surface area contributed by atoms with E-state index in [9.17, 15) is 8.42 Å². The minimum absolute atomic E-state index is 0.185. The first-order chi connectivity index (χ1) is 9.04. The van der Waals surface area contributed by atoms with E-state index in [1.165, 1.54) is 12.0 Å². The minimum Gasteiger partial charge on any atom is -0.286 e. The molecule has 0 bridgehead atoms. The van der Waals surface area contributed by atoms with Crippen LogP contribution in [0.5, 0.6) is 0 Å². The quantitative estimate of drug-likeness (QED) is 0.511. The fourth-order valence-electron chi connectivity index (χ4n) is 2.42. The second-order valence-electron chi connectivity index (χ2n) is 4.99. The van der Waals surface area contributed by atoms with Crippen LogP contribution in [-0.2, 0) is 16.7 Å². The summed E-state index contributed by atoms with van der Waals surface area (Å²) in [7, 11) is -3.84. The molecule has 1 N–H and O–H groups in total. The number of aromatic nitrogens is 1. The van der Waals surface area contributed by atoms with E-state index in [0.29, 0.717) is 18.9 Å². The van der Waals surface area contributed by atoms with Crippen LogP contribution in [0.2, 0.25) is 0 Å². The molecule has 4 nitrogen and oxygen atoms in total. The van der Waals surface area contributed by atoms with Crippen molar-refractivity contribution in [2.24, 2.45) is 0 Å². The van der Waals surface area contributed by atoms with Crippen molar-refractivity contribution in [3.8, 4) is 0 Å². The molecule has 1 heterocycles. The van der Waals surface area contributed by atoms with E-state index in [1.54, 1.807) is 0 Å². The van der Waals surface area contributed by atoms with Crippen molar-refractivity contribution in [3.05, 3.63) is 42.2 Å². The van der Waals surface area contributed by atoms with Crippen LogP contribution in [0, 0.1) is 0 Å². The summed E-state index contributed by atoms with van der Waals surface area (Å²) < 4.78 is 31.9. The van der Waals surface area contributed by atoms with Crippen LogP contribution in [0.4, 0.5) is 0 Å². The molecule has 1 atom stereocenters. The van der Waals surface area contributed by atoms with Crippen LogP contribution in [0.15, 0.2) is 36.7 Å². The zero-order chi connectivity index (χ0) is 13.7. The molecule has 0 radical (unpaired) electrons. The molecule has 2 rings (SSSR count). The zero-order valence-electron chi connectivity index (χ0n) is 10.9. The third-order valence-electron chi connectivity index (χ3n) is 3.48. The normalized spacial score (nSPS) is 19.5. The lowest BCUT2D eigenvalue weighted by Crippen LogP contribution is -2.33. The van der Waals surface area contributed by atoms with Gasteiger partial charge in [0.1, 0.15) is 6.54 Å². The molecular weight excluding hydrogens is 262 g/mol. The molecule has 5 heteroatoms. The van der Waals surface area contributed by atoms with Crippen molar-refractivity contribution in [1.29, 1.82) is 0 Å². The molecule has 1 aliphatic carbocycles. The first-order valence-corrected chi connectivity index (χ1v) is 8.25. The van der Waals surface area contributed by atoms with Crippen molar-refractivity contribution in [1.82, 2.24) is 0 Å². The van der Waals surface area contributed by atoms with Crippen LogP contribution in [0.3, 0.4) is 0 Å². The number of rotatable bonds is 5. The van der Waals surface area contributed by atoms with Gasteiger partial charge in [-0.2, -0.15) is 8.42 Å². The summed E-state index contributed by atoms with van der Waals surface area (Å²) in [4.78, 5) is 0. The van der Waals surface area contributed by atoms with Gasteiger partial charge in [0.2, 0.25) is 0 Å². The summed E-state index contributed by atoms with van der Waals surface area (Å²) >= 11 is 0. The summed E-state index contributed by atoms with van der Waals surface area (Å²) in [6.45, 7) is 0.602. The van der Waals surface area contributed by atoms with Gasteiger partial charge in [0.05, 0.1) is 5.75 Å². The Labute approximate surface area is 114 Å². The van der Waals surface area contributed by atoms with Crippen LogP contribution >= 0.6 is 0 Å². The third kappa shape index (κ3) is 4.76. The predicted octanol–water partition coefficient (Wildman–Crippen LogP) is 2.08. The second-order valence-corrected chi connectivity index (χ2v) is 6.56. The molecule has 1 unspecified atom stereocenters.